The molecule has 0 unspecified atom stereocenters. The lowest BCUT2D eigenvalue weighted by Crippen LogP contribution is -2.41. The zero-order chi connectivity index (χ0) is 33.0. The minimum atomic E-state index is -1.33. The Morgan fingerprint density at radius 1 is 0.848 bits per heavy atom. The molecule has 0 radical (unpaired) electrons. The number of aromatic nitrogens is 8. The number of nitrogen functional groups attached to an aromatic ring is 3. The van der Waals surface area contributed by atoms with Crippen molar-refractivity contribution in [1.29, 1.82) is 0 Å². The highest BCUT2D eigenvalue weighted by atomic mass is 16.4. The number of nitrogens with two attached hydrogens (primary N) is 3. The topological polar surface area (TPSA) is 300 Å². The van der Waals surface area contributed by atoms with Gasteiger partial charge in [0.2, 0.25) is 11.9 Å². The van der Waals surface area contributed by atoms with E-state index in [4.69, 9.17) is 27.3 Å². The van der Waals surface area contributed by atoms with Crippen LogP contribution in [0.15, 0.2) is 36.7 Å². The van der Waals surface area contributed by atoms with Gasteiger partial charge in [-0.15, -0.1) is 0 Å². The van der Waals surface area contributed by atoms with Gasteiger partial charge in [0, 0.05) is 24.7 Å². The number of hydrogen-bond acceptors (Lipinski definition) is 16. The van der Waals surface area contributed by atoms with Crippen molar-refractivity contribution in [3.63, 3.8) is 0 Å². The maximum atomic E-state index is 12.6. The van der Waals surface area contributed by atoms with Gasteiger partial charge in [-0.25, -0.2) is 24.7 Å². The number of benzene rings is 1. The van der Waals surface area contributed by atoms with Crippen molar-refractivity contribution in [3.05, 3.63) is 53.6 Å². The predicted octanol–water partition coefficient (Wildman–Crippen LogP) is 0.196. The average Bonchev–Trinajstić information content (AvgIpc) is 3.01. The standard InChI is InChI=1S/C27H28N14O5/c1-41(15-4-2-12(3-5-15)24(44)36-16(25(45)46)6-7-17(42)43)11-14-10-33-23-19(35-14)22(39-27(30)40-23)32-9-13-8-31-21-18(34-13)20(28)37-26(29)38-21/h2-5,8,10,16H,6-7,9,11H2,1H3,(H,36,44)(H,42,43)(H,45,46)(H4,28,29,31,37,38)(H3,30,32,33,39,40)/t16-/m0/s1. The van der Waals surface area contributed by atoms with Crippen LogP contribution in [0.25, 0.3) is 22.3 Å². The normalized spacial score (nSPS) is 11.7. The summed E-state index contributed by atoms with van der Waals surface area (Å²) in [5.74, 6) is -2.70. The summed E-state index contributed by atoms with van der Waals surface area (Å²) in [6, 6.07) is 5.11. The van der Waals surface area contributed by atoms with Gasteiger partial charge in [-0.2, -0.15) is 19.9 Å². The molecule has 5 aromatic rings. The van der Waals surface area contributed by atoms with Crippen LogP contribution in [0.4, 0.5) is 29.2 Å². The summed E-state index contributed by atoms with van der Waals surface area (Å²) in [7, 11) is 1.81. The molecule has 19 heteroatoms. The van der Waals surface area contributed by atoms with E-state index in [1.807, 2.05) is 11.9 Å². The lowest BCUT2D eigenvalue weighted by atomic mass is 10.1. The van der Waals surface area contributed by atoms with Gasteiger partial charge < -0.3 is 42.9 Å². The molecule has 0 saturated carbocycles. The largest absolute Gasteiger partial charge is 0.481 e. The number of hydrogen-bond donors (Lipinski definition) is 7. The van der Waals surface area contributed by atoms with Crippen molar-refractivity contribution >= 4 is 69.4 Å². The number of aliphatic carboxylic acids is 2. The molecule has 46 heavy (non-hydrogen) atoms. The van der Waals surface area contributed by atoms with E-state index in [0.29, 0.717) is 34.8 Å². The Morgan fingerprint density at radius 2 is 1.48 bits per heavy atom. The smallest absolute Gasteiger partial charge is 0.326 e. The van der Waals surface area contributed by atoms with E-state index in [0.717, 1.165) is 5.69 Å². The van der Waals surface area contributed by atoms with E-state index in [1.54, 1.807) is 18.3 Å². The molecule has 4 aromatic heterocycles. The fraction of sp³-hybridized carbons (Fsp3) is 0.222. The molecule has 4 heterocycles. The average molecular weight is 629 g/mol. The monoisotopic (exact) mass is 628 g/mol. The van der Waals surface area contributed by atoms with E-state index in [-0.39, 0.29) is 47.5 Å². The molecule has 1 aromatic carbocycles. The Hall–Kier alpha value is -6.53. The van der Waals surface area contributed by atoms with E-state index in [1.165, 1.54) is 18.3 Å². The number of amides is 1. The Bertz CT molecular complexity index is 1960. The van der Waals surface area contributed by atoms with Gasteiger partial charge in [0.25, 0.3) is 5.91 Å². The van der Waals surface area contributed by atoms with Gasteiger partial charge in [0.1, 0.15) is 6.04 Å². The molecule has 10 N–H and O–H groups in total. The molecular weight excluding hydrogens is 600 g/mol. The lowest BCUT2D eigenvalue weighted by Gasteiger charge is -2.19. The summed E-state index contributed by atoms with van der Waals surface area (Å²) in [6.07, 6.45) is 2.44. The molecule has 0 fully saturated rings. The number of carbonyl (C=O) groups excluding carboxylic acids is 1. The van der Waals surface area contributed by atoms with Crippen LogP contribution < -0.4 is 32.7 Å². The van der Waals surface area contributed by atoms with Crippen molar-refractivity contribution in [2.24, 2.45) is 0 Å². The molecule has 0 bridgehead atoms. The quantitative estimate of drug-likeness (QED) is 0.0969. The van der Waals surface area contributed by atoms with Crippen LogP contribution in [0.1, 0.15) is 34.6 Å². The Balaban J connectivity index is 1.28. The van der Waals surface area contributed by atoms with Gasteiger partial charge in [-0.05, 0) is 30.7 Å². The molecule has 236 valence electrons. The second-order valence-electron chi connectivity index (χ2n) is 10.0. The Morgan fingerprint density at radius 3 is 2.15 bits per heavy atom. The first-order valence-electron chi connectivity index (χ1n) is 13.6. The summed E-state index contributed by atoms with van der Waals surface area (Å²) < 4.78 is 0. The molecule has 19 nitrogen and oxygen atoms in total. The van der Waals surface area contributed by atoms with Gasteiger partial charge in [0.15, 0.2) is 34.0 Å². The van der Waals surface area contributed by atoms with Crippen LogP contribution in [-0.4, -0.2) is 81.0 Å². The number of carbonyl (C=O) groups is 3. The molecule has 5 rings (SSSR count). The maximum Gasteiger partial charge on any atom is 0.326 e. The van der Waals surface area contributed by atoms with Crippen LogP contribution in [0.5, 0.6) is 0 Å². The molecular formula is C27H28N14O5. The van der Waals surface area contributed by atoms with Crippen LogP contribution in [0, 0.1) is 0 Å². The summed E-state index contributed by atoms with van der Waals surface area (Å²) in [4.78, 5) is 70.9. The first-order valence-corrected chi connectivity index (χ1v) is 13.6. The van der Waals surface area contributed by atoms with Gasteiger partial charge in [-0.3, -0.25) is 9.59 Å². The third kappa shape index (κ3) is 7.15. The lowest BCUT2D eigenvalue weighted by molar-refractivity contribution is -0.140. The van der Waals surface area contributed by atoms with Crippen molar-refractivity contribution < 1.29 is 24.6 Å². The van der Waals surface area contributed by atoms with Gasteiger partial charge in [-0.1, -0.05) is 0 Å². The molecule has 0 aliphatic rings. The fourth-order valence-electron chi connectivity index (χ4n) is 4.37. The van der Waals surface area contributed by atoms with Crippen LogP contribution >= 0.6 is 0 Å². The highest BCUT2D eigenvalue weighted by Gasteiger charge is 2.22. The second kappa shape index (κ2) is 13.0. The number of rotatable bonds is 12. The van der Waals surface area contributed by atoms with E-state index >= 15 is 0 Å². The molecule has 0 spiro atoms. The number of fused-ring (bicyclic) bond motifs is 2. The van der Waals surface area contributed by atoms with Crippen molar-refractivity contribution in [1.82, 2.24) is 45.2 Å². The third-order valence-electron chi connectivity index (χ3n) is 6.63. The number of nitrogens with zero attached hydrogens (tertiary/aromatic N) is 9. The van der Waals surface area contributed by atoms with Gasteiger partial charge >= 0.3 is 11.9 Å². The summed E-state index contributed by atoms with van der Waals surface area (Å²) >= 11 is 0. The number of anilines is 5. The number of carboxylic acids is 2. The molecule has 0 aliphatic heterocycles. The van der Waals surface area contributed by atoms with Crippen molar-refractivity contribution in [2.45, 2.75) is 32.0 Å². The zero-order valence-corrected chi connectivity index (χ0v) is 24.2. The predicted molar refractivity (Wildman–Crippen MR) is 165 cm³/mol. The molecule has 0 aliphatic carbocycles. The fourth-order valence-corrected chi connectivity index (χ4v) is 4.37. The SMILES string of the molecule is CN(Cc1cnc2nc(N)nc(NCc3cnc4nc(N)nc(N)c4n3)c2n1)c1ccc(C(=O)N[C@@H](CCC(=O)O)C(=O)O)cc1. The minimum absolute atomic E-state index is 0.00468. The number of carboxylic acid groups (broad SMARTS) is 2. The minimum Gasteiger partial charge on any atom is -0.481 e. The Labute approximate surface area is 259 Å². The van der Waals surface area contributed by atoms with Gasteiger partial charge in [0.05, 0.1) is 36.9 Å². The molecule has 1 amide bonds. The summed E-state index contributed by atoms with van der Waals surface area (Å²) in [5.41, 5.74) is 20.7. The summed E-state index contributed by atoms with van der Waals surface area (Å²) in [6.45, 7) is 0.490. The molecule has 0 saturated heterocycles. The van der Waals surface area contributed by atoms with Crippen LogP contribution in [0.2, 0.25) is 0 Å². The van der Waals surface area contributed by atoms with Crippen LogP contribution in [-0.2, 0) is 22.7 Å². The first-order chi connectivity index (χ1) is 22.0. The first kappa shape index (κ1) is 30.9. The molecule has 1 atom stereocenters. The zero-order valence-electron chi connectivity index (χ0n) is 24.2. The third-order valence-corrected chi connectivity index (χ3v) is 6.63. The number of nitrogens with one attached hydrogen (secondary N) is 2. The second-order valence-corrected chi connectivity index (χ2v) is 10.0. The van der Waals surface area contributed by atoms with E-state index in [2.05, 4.69) is 45.5 Å². The Kier molecular flexibility index (Phi) is 8.73. The van der Waals surface area contributed by atoms with E-state index in [9.17, 15) is 19.5 Å². The van der Waals surface area contributed by atoms with Crippen LogP contribution in [0.3, 0.4) is 0 Å². The van der Waals surface area contributed by atoms with Crippen molar-refractivity contribution in [2.75, 3.05) is 34.5 Å². The summed E-state index contributed by atoms with van der Waals surface area (Å²) in [5, 5.41) is 23.6. The van der Waals surface area contributed by atoms with E-state index < -0.39 is 30.3 Å². The van der Waals surface area contributed by atoms with Crippen molar-refractivity contribution in [3.8, 4) is 0 Å². The highest BCUT2D eigenvalue weighted by molar-refractivity contribution is 5.97. The highest BCUT2D eigenvalue weighted by Crippen LogP contribution is 2.22. The maximum absolute atomic E-state index is 12.6.